The van der Waals surface area contributed by atoms with E-state index in [1.807, 2.05) is 0 Å². The fourth-order valence-corrected chi connectivity index (χ4v) is 6.67. The molecule has 2 atom stereocenters. The molecule has 0 saturated carbocycles. The standard InChI is InChI=1S/C46H88O6/c1-7-42(6)34-28-22-18-19-24-30-36-45(48)51-39-43(38-50-44(47)35-29-23-16-13-12-15-21-27-33-41(4)5)52-46(49)37-31-25-17-11-9-8-10-14-20-26-32-40(2)3/h40-43H,7-39H2,1-6H3/t42?,43-/m1/s1. The van der Waals surface area contributed by atoms with Crippen molar-refractivity contribution in [3.63, 3.8) is 0 Å². The van der Waals surface area contributed by atoms with E-state index < -0.39 is 6.10 Å². The summed E-state index contributed by atoms with van der Waals surface area (Å²) in [6, 6.07) is 0. The second-order valence-corrected chi connectivity index (χ2v) is 16.9. The Morgan fingerprint density at radius 2 is 0.673 bits per heavy atom. The number of carbonyl (C=O) groups excluding carboxylic acids is 3. The van der Waals surface area contributed by atoms with Gasteiger partial charge in [-0.1, -0.05) is 202 Å². The first-order chi connectivity index (χ1) is 25.1. The molecule has 0 radical (unpaired) electrons. The Bertz CT molecular complexity index is 809. The van der Waals surface area contributed by atoms with Crippen molar-refractivity contribution in [2.75, 3.05) is 13.2 Å². The van der Waals surface area contributed by atoms with Crippen LogP contribution in [-0.4, -0.2) is 37.2 Å². The van der Waals surface area contributed by atoms with Gasteiger partial charge in [-0.25, -0.2) is 0 Å². The lowest BCUT2D eigenvalue weighted by Crippen LogP contribution is -2.30. The first-order valence-electron chi connectivity index (χ1n) is 22.6. The van der Waals surface area contributed by atoms with Gasteiger partial charge in [0, 0.05) is 19.3 Å². The number of ether oxygens (including phenoxy) is 3. The Balaban J connectivity index is 4.36. The van der Waals surface area contributed by atoms with Crippen LogP contribution in [0.4, 0.5) is 0 Å². The Morgan fingerprint density at radius 1 is 0.385 bits per heavy atom. The summed E-state index contributed by atoms with van der Waals surface area (Å²) in [7, 11) is 0. The van der Waals surface area contributed by atoms with Gasteiger partial charge in [0.15, 0.2) is 6.10 Å². The number of hydrogen-bond donors (Lipinski definition) is 0. The van der Waals surface area contributed by atoms with Gasteiger partial charge in [0.1, 0.15) is 13.2 Å². The van der Waals surface area contributed by atoms with Crippen molar-refractivity contribution in [3.05, 3.63) is 0 Å². The minimum atomic E-state index is -0.762. The molecule has 0 spiro atoms. The predicted octanol–water partition coefficient (Wildman–Crippen LogP) is 14.0. The maximum atomic E-state index is 12.7. The smallest absolute Gasteiger partial charge is 0.306 e. The van der Waals surface area contributed by atoms with Crippen molar-refractivity contribution in [2.24, 2.45) is 17.8 Å². The monoisotopic (exact) mass is 737 g/mol. The van der Waals surface area contributed by atoms with E-state index in [1.54, 1.807) is 0 Å². The molecule has 0 aromatic carbocycles. The first kappa shape index (κ1) is 50.4. The van der Waals surface area contributed by atoms with Crippen LogP contribution in [0.1, 0.15) is 241 Å². The zero-order valence-corrected chi connectivity index (χ0v) is 35.6. The van der Waals surface area contributed by atoms with Gasteiger partial charge in [-0.05, 0) is 37.0 Å². The molecule has 0 bridgehead atoms. The molecule has 6 heteroatoms. The molecule has 0 fully saturated rings. The van der Waals surface area contributed by atoms with Crippen molar-refractivity contribution >= 4 is 17.9 Å². The van der Waals surface area contributed by atoms with Gasteiger partial charge in [-0.15, -0.1) is 0 Å². The number of unbranched alkanes of at least 4 members (excludes halogenated alkanes) is 21. The van der Waals surface area contributed by atoms with E-state index in [0.29, 0.717) is 19.3 Å². The Labute approximate surface area is 323 Å². The first-order valence-corrected chi connectivity index (χ1v) is 22.6. The topological polar surface area (TPSA) is 78.9 Å². The van der Waals surface area contributed by atoms with Gasteiger partial charge in [-0.2, -0.15) is 0 Å². The predicted molar refractivity (Wildman–Crippen MR) is 219 cm³/mol. The van der Waals surface area contributed by atoms with Crippen LogP contribution in [0.5, 0.6) is 0 Å². The van der Waals surface area contributed by atoms with E-state index in [1.165, 1.54) is 122 Å². The molecule has 6 nitrogen and oxygen atoms in total. The van der Waals surface area contributed by atoms with Crippen LogP contribution in [0.15, 0.2) is 0 Å². The highest BCUT2D eigenvalue weighted by molar-refractivity contribution is 5.71. The zero-order chi connectivity index (χ0) is 38.5. The summed E-state index contributed by atoms with van der Waals surface area (Å²) in [5.74, 6) is 1.56. The van der Waals surface area contributed by atoms with Crippen LogP contribution in [0.25, 0.3) is 0 Å². The summed E-state index contributed by atoms with van der Waals surface area (Å²) in [5.41, 5.74) is 0. The molecule has 52 heavy (non-hydrogen) atoms. The van der Waals surface area contributed by atoms with Crippen LogP contribution in [0.2, 0.25) is 0 Å². The van der Waals surface area contributed by atoms with Gasteiger partial charge in [0.2, 0.25) is 0 Å². The molecule has 0 saturated heterocycles. The van der Waals surface area contributed by atoms with E-state index in [4.69, 9.17) is 14.2 Å². The average molecular weight is 737 g/mol. The number of carbonyl (C=O) groups is 3. The number of hydrogen-bond acceptors (Lipinski definition) is 6. The number of rotatable bonds is 39. The average Bonchev–Trinajstić information content (AvgIpc) is 3.11. The van der Waals surface area contributed by atoms with E-state index in [-0.39, 0.29) is 31.1 Å². The van der Waals surface area contributed by atoms with Crippen molar-refractivity contribution in [1.29, 1.82) is 0 Å². The van der Waals surface area contributed by atoms with Crippen LogP contribution in [0, 0.1) is 17.8 Å². The second-order valence-electron chi connectivity index (χ2n) is 16.9. The third-order valence-corrected chi connectivity index (χ3v) is 10.5. The maximum absolute atomic E-state index is 12.7. The van der Waals surface area contributed by atoms with Gasteiger partial charge >= 0.3 is 17.9 Å². The van der Waals surface area contributed by atoms with Gasteiger partial charge in [-0.3, -0.25) is 14.4 Å². The maximum Gasteiger partial charge on any atom is 0.306 e. The number of esters is 3. The molecule has 0 heterocycles. The van der Waals surface area contributed by atoms with Crippen molar-refractivity contribution in [2.45, 2.75) is 247 Å². The van der Waals surface area contributed by atoms with E-state index >= 15 is 0 Å². The van der Waals surface area contributed by atoms with Crippen molar-refractivity contribution in [1.82, 2.24) is 0 Å². The molecular formula is C46H88O6. The molecule has 0 aromatic rings. The highest BCUT2D eigenvalue weighted by Crippen LogP contribution is 2.17. The summed E-state index contributed by atoms with van der Waals surface area (Å²) >= 11 is 0. The van der Waals surface area contributed by atoms with E-state index in [9.17, 15) is 14.4 Å². The van der Waals surface area contributed by atoms with Gasteiger partial charge < -0.3 is 14.2 Å². The molecule has 308 valence electrons. The molecule has 0 aliphatic rings. The molecule has 0 amide bonds. The quantitative estimate of drug-likeness (QED) is 0.0355. The van der Waals surface area contributed by atoms with Crippen LogP contribution < -0.4 is 0 Å². The summed E-state index contributed by atoms with van der Waals surface area (Å²) < 4.78 is 16.7. The Kier molecular flexibility index (Phi) is 36.6. The van der Waals surface area contributed by atoms with Crippen molar-refractivity contribution < 1.29 is 28.6 Å². The zero-order valence-electron chi connectivity index (χ0n) is 35.6. The van der Waals surface area contributed by atoms with Gasteiger partial charge in [0.05, 0.1) is 0 Å². The molecule has 0 aliphatic carbocycles. The Morgan fingerprint density at radius 3 is 1.00 bits per heavy atom. The molecule has 1 unspecified atom stereocenters. The third kappa shape index (κ3) is 38.1. The highest BCUT2D eigenvalue weighted by Gasteiger charge is 2.19. The molecule has 0 aliphatic heterocycles. The molecule has 0 aromatic heterocycles. The summed E-state index contributed by atoms with van der Waals surface area (Å²) in [6.07, 6.45) is 33.8. The summed E-state index contributed by atoms with van der Waals surface area (Å²) in [6.45, 7) is 13.6. The van der Waals surface area contributed by atoms with Crippen LogP contribution in [0.3, 0.4) is 0 Å². The minimum absolute atomic E-state index is 0.0671. The summed E-state index contributed by atoms with van der Waals surface area (Å²) in [4.78, 5) is 37.7. The van der Waals surface area contributed by atoms with Crippen LogP contribution in [-0.2, 0) is 28.6 Å². The molecule has 0 N–H and O–H groups in total. The fourth-order valence-electron chi connectivity index (χ4n) is 6.67. The Hall–Kier alpha value is -1.59. The second kappa shape index (κ2) is 37.7. The molecule has 0 rings (SSSR count). The normalized spacial score (nSPS) is 12.7. The lowest BCUT2D eigenvalue weighted by atomic mass is 10.00. The van der Waals surface area contributed by atoms with Crippen LogP contribution >= 0.6 is 0 Å². The summed E-state index contributed by atoms with van der Waals surface area (Å²) in [5, 5.41) is 0. The fraction of sp³-hybridized carbons (Fsp3) is 0.935. The highest BCUT2D eigenvalue weighted by atomic mass is 16.6. The molecular weight excluding hydrogens is 648 g/mol. The van der Waals surface area contributed by atoms with Gasteiger partial charge in [0.25, 0.3) is 0 Å². The van der Waals surface area contributed by atoms with E-state index in [2.05, 4.69) is 41.5 Å². The lowest BCUT2D eigenvalue weighted by Gasteiger charge is -2.18. The lowest BCUT2D eigenvalue weighted by molar-refractivity contribution is -0.167. The van der Waals surface area contributed by atoms with E-state index in [0.717, 1.165) is 75.5 Å². The van der Waals surface area contributed by atoms with Crippen molar-refractivity contribution in [3.8, 4) is 0 Å². The SMILES string of the molecule is CCC(C)CCCCCCCCC(=O)OC[C@@H](COC(=O)CCCCCCCCCCC(C)C)OC(=O)CCCCCCCCCCCCC(C)C. The third-order valence-electron chi connectivity index (χ3n) is 10.5. The largest absolute Gasteiger partial charge is 0.462 e. The minimum Gasteiger partial charge on any atom is -0.462 e.